The molecular formula is C17H25FN2O. The smallest absolute Gasteiger partial charge is 0.257 e. The molecule has 1 aromatic carbocycles. The lowest BCUT2D eigenvalue weighted by Crippen LogP contribution is -2.41. The first-order valence-corrected chi connectivity index (χ1v) is 7.76. The number of benzene rings is 1. The molecule has 1 aliphatic carbocycles. The van der Waals surface area contributed by atoms with Gasteiger partial charge in [-0.3, -0.25) is 4.79 Å². The molecule has 0 aliphatic heterocycles. The van der Waals surface area contributed by atoms with Gasteiger partial charge >= 0.3 is 0 Å². The van der Waals surface area contributed by atoms with Gasteiger partial charge in [0.15, 0.2) is 0 Å². The van der Waals surface area contributed by atoms with Crippen LogP contribution < -0.4 is 5.73 Å². The number of aryl methyl sites for hydroxylation is 1. The molecule has 21 heavy (non-hydrogen) atoms. The van der Waals surface area contributed by atoms with Crippen molar-refractivity contribution in [1.29, 1.82) is 0 Å². The van der Waals surface area contributed by atoms with E-state index in [0.29, 0.717) is 23.7 Å². The molecule has 4 heteroatoms. The van der Waals surface area contributed by atoms with E-state index in [1.165, 1.54) is 6.07 Å². The third-order valence-corrected chi connectivity index (χ3v) is 4.10. The molecule has 0 spiro atoms. The molecule has 0 atom stereocenters. The number of halogens is 1. The minimum absolute atomic E-state index is 0.111. The SMILES string of the molecule is Cc1cc(N)cc(C(=O)N(CC(C)C)C2CCCC2)c1F. The summed E-state index contributed by atoms with van der Waals surface area (Å²) in [6, 6.07) is 3.27. The molecule has 1 aliphatic rings. The quantitative estimate of drug-likeness (QED) is 0.859. The Bertz CT molecular complexity index is 522. The van der Waals surface area contributed by atoms with Crippen LogP contribution in [-0.4, -0.2) is 23.4 Å². The molecule has 116 valence electrons. The fraction of sp³-hybridized carbons (Fsp3) is 0.588. The number of nitrogens with zero attached hydrogens (tertiary/aromatic N) is 1. The predicted molar refractivity (Wildman–Crippen MR) is 83.7 cm³/mol. The summed E-state index contributed by atoms with van der Waals surface area (Å²) in [7, 11) is 0. The van der Waals surface area contributed by atoms with Gasteiger partial charge in [0.1, 0.15) is 5.82 Å². The molecule has 0 saturated heterocycles. The van der Waals surface area contributed by atoms with E-state index in [9.17, 15) is 9.18 Å². The summed E-state index contributed by atoms with van der Waals surface area (Å²) in [5.74, 6) is -0.302. The summed E-state index contributed by atoms with van der Waals surface area (Å²) in [4.78, 5) is 14.7. The first kappa shape index (κ1) is 15.8. The molecule has 3 nitrogen and oxygen atoms in total. The van der Waals surface area contributed by atoms with Crippen molar-refractivity contribution in [2.45, 2.75) is 52.5 Å². The Labute approximate surface area is 126 Å². The van der Waals surface area contributed by atoms with Crippen LogP contribution >= 0.6 is 0 Å². The van der Waals surface area contributed by atoms with Gasteiger partial charge in [-0.25, -0.2) is 4.39 Å². The van der Waals surface area contributed by atoms with Gasteiger partial charge in [0.2, 0.25) is 0 Å². The minimum atomic E-state index is -0.444. The van der Waals surface area contributed by atoms with E-state index in [4.69, 9.17) is 5.73 Å². The third-order valence-electron chi connectivity index (χ3n) is 4.10. The van der Waals surface area contributed by atoms with Gasteiger partial charge in [-0.2, -0.15) is 0 Å². The Morgan fingerprint density at radius 2 is 2.00 bits per heavy atom. The van der Waals surface area contributed by atoms with Crippen molar-refractivity contribution in [1.82, 2.24) is 4.90 Å². The van der Waals surface area contributed by atoms with Gasteiger partial charge < -0.3 is 10.6 Å². The van der Waals surface area contributed by atoms with Crippen LogP contribution in [0.1, 0.15) is 55.5 Å². The molecule has 1 amide bonds. The molecule has 0 unspecified atom stereocenters. The molecule has 2 rings (SSSR count). The average molecular weight is 292 g/mol. The highest BCUT2D eigenvalue weighted by Gasteiger charge is 2.29. The maximum absolute atomic E-state index is 14.3. The summed E-state index contributed by atoms with van der Waals surface area (Å²) < 4.78 is 14.3. The molecule has 2 N–H and O–H groups in total. The van der Waals surface area contributed by atoms with Crippen molar-refractivity contribution in [2.24, 2.45) is 5.92 Å². The lowest BCUT2D eigenvalue weighted by atomic mass is 10.0. The van der Waals surface area contributed by atoms with Gasteiger partial charge in [0.05, 0.1) is 5.56 Å². The van der Waals surface area contributed by atoms with Crippen molar-refractivity contribution < 1.29 is 9.18 Å². The van der Waals surface area contributed by atoms with E-state index in [1.54, 1.807) is 13.0 Å². The Balaban J connectivity index is 2.33. The number of hydrogen-bond acceptors (Lipinski definition) is 2. The van der Waals surface area contributed by atoms with E-state index in [2.05, 4.69) is 13.8 Å². The number of carbonyl (C=O) groups excluding carboxylic acids is 1. The molecule has 0 heterocycles. The van der Waals surface area contributed by atoms with Gasteiger partial charge in [0, 0.05) is 18.3 Å². The minimum Gasteiger partial charge on any atom is -0.399 e. The van der Waals surface area contributed by atoms with E-state index in [1.807, 2.05) is 4.90 Å². The van der Waals surface area contributed by atoms with Gasteiger partial charge in [-0.15, -0.1) is 0 Å². The summed E-state index contributed by atoms with van der Waals surface area (Å²) in [6.45, 7) is 6.47. The van der Waals surface area contributed by atoms with Gasteiger partial charge in [0.25, 0.3) is 5.91 Å². The van der Waals surface area contributed by atoms with Crippen LogP contribution in [0.3, 0.4) is 0 Å². The summed E-state index contributed by atoms with van der Waals surface area (Å²) in [5.41, 5.74) is 6.76. The normalized spacial score (nSPS) is 15.7. The lowest BCUT2D eigenvalue weighted by molar-refractivity contribution is 0.0650. The van der Waals surface area contributed by atoms with Crippen LogP contribution in [0.2, 0.25) is 0 Å². The number of nitrogen functional groups attached to an aromatic ring is 1. The zero-order chi connectivity index (χ0) is 15.6. The Morgan fingerprint density at radius 1 is 1.38 bits per heavy atom. The van der Waals surface area contributed by atoms with Crippen LogP contribution in [0, 0.1) is 18.7 Å². The molecular weight excluding hydrogens is 267 g/mol. The Kier molecular flexibility index (Phi) is 4.86. The van der Waals surface area contributed by atoms with E-state index in [-0.39, 0.29) is 17.5 Å². The van der Waals surface area contributed by atoms with Crippen LogP contribution in [0.4, 0.5) is 10.1 Å². The number of carbonyl (C=O) groups is 1. The largest absolute Gasteiger partial charge is 0.399 e. The fourth-order valence-corrected chi connectivity index (χ4v) is 3.11. The number of rotatable bonds is 4. The van der Waals surface area contributed by atoms with E-state index >= 15 is 0 Å². The van der Waals surface area contributed by atoms with Crippen molar-refractivity contribution in [3.05, 3.63) is 29.1 Å². The maximum atomic E-state index is 14.3. The zero-order valence-corrected chi connectivity index (χ0v) is 13.2. The van der Waals surface area contributed by atoms with Crippen molar-refractivity contribution in [2.75, 3.05) is 12.3 Å². The van der Waals surface area contributed by atoms with Crippen molar-refractivity contribution >= 4 is 11.6 Å². The first-order valence-electron chi connectivity index (χ1n) is 7.76. The summed E-state index contributed by atoms with van der Waals surface area (Å²) >= 11 is 0. The molecule has 1 aromatic rings. The summed E-state index contributed by atoms with van der Waals surface area (Å²) in [5, 5.41) is 0. The number of hydrogen-bond donors (Lipinski definition) is 1. The predicted octanol–water partition coefficient (Wildman–Crippen LogP) is 3.76. The Morgan fingerprint density at radius 3 is 2.57 bits per heavy atom. The molecule has 0 radical (unpaired) electrons. The average Bonchev–Trinajstić information content (AvgIpc) is 2.93. The standard InChI is InChI=1S/C17H25FN2O/c1-11(2)10-20(14-6-4-5-7-14)17(21)15-9-13(19)8-12(3)16(15)18/h8-9,11,14H,4-7,10,19H2,1-3H3. The topological polar surface area (TPSA) is 46.3 Å². The van der Waals surface area contributed by atoms with Crippen LogP contribution in [0.5, 0.6) is 0 Å². The second-order valence-electron chi connectivity index (χ2n) is 6.49. The molecule has 0 aromatic heterocycles. The van der Waals surface area contributed by atoms with Crippen molar-refractivity contribution in [3.63, 3.8) is 0 Å². The Hall–Kier alpha value is -1.58. The number of nitrogens with two attached hydrogens (primary N) is 1. The van der Waals surface area contributed by atoms with Crippen molar-refractivity contribution in [3.8, 4) is 0 Å². The molecule has 1 fully saturated rings. The van der Waals surface area contributed by atoms with Crippen LogP contribution in [-0.2, 0) is 0 Å². The second-order valence-corrected chi connectivity index (χ2v) is 6.49. The fourth-order valence-electron chi connectivity index (χ4n) is 3.11. The number of amides is 1. The van der Waals surface area contributed by atoms with Gasteiger partial charge in [-0.1, -0.05) is 26.7 Å². The molecule has 0 bridgehead atoms. The highest BCUT2D eigenvalue weighted by atomic mass is 19.1. The highest BCUT2D eigenvalue weighted by molar-refractivity contribution is 5.96. The highest BCUT2D eigenvalue weighted by Crippen LogP contribution is 2.27. The summed E-state index contributed by atoms with van der Waals surface area (Å²) in [6.07, 6.45) is 4.32. The first-order chi connectivity index (χ1) is 9.90. The molecule has 1 saturated carbocycles. The van der Waals surface area contributed by atoms with Gasteiger partial charge in [-0.05, 0) is 43.4 Å². The van der Waals surface area contributed by atoms with E-state index in [0.717, 1.165) is 25.7 Å². The monoisotopic (exact) mass is 292 g/mol. The maximum Gasteiger partial charge on any atom is 0.257 e. The second kappa shape index (κ2) is 6.46. The van der Waals surface area contributed by atoms with Crippen LogP contribution in [0.25, 0.3) is 0 Å². The number of anilines is 1. The van der Waals surface area contributed by atoms with E-state index < -0.39 is 5.82 Å². The van der Waals surface area contributed by atoms with Crippen LogP contribution in [0.15, 0.2) is 12.1 Å². The lowest BCUT2D eigenvalue weighted by Gasteiger charge is -2.31. The third kappa shape index (κ3) is 3.55. The zero-order valence-electron chi connectivity index (χ0n) is 13.2.